The van der Waals surface area contributed by atoms with Crippen LogP contribution in [0.25, 0.3) is 5.65 Å². The quantitative estimate of drug-likeness (QED) is 0.746. The lowest BCUT2D eigenvalue weighted by atomic mass is 10.3. The normalized spacial score (nSPS) is 11.1. The molecule has 0 saturated heterocycles. The lowest BCUT2D eigenvalue weighted by molar-refractivity contribution is 0.766. The van der Waals surface area contributed by atoms with E-state index in [0.29, 0.717) is 12.4 Å². The van der Waals surface area contributed by atoms with E-state index >= 15 is 0 Å². The van der Waals surface area contributed by atoms with E-state index in [9.17, 15) is 0 Å². The van der Waals surface area contributed by atoms with Crippen molar-refractivity contribution in [3.63, 3.8) is 0 Å². The van der Waals surface area contributed by atoms with Crippen LogP contribution in [0.1, 0.15) is 5.56 Å². The first-order valence-electron chi connectivity index (χ1n) is 5.91. The first kappa shape index (κ1) is 11.5. The molecule has 0 atom stereocenters. The molecule has 0 saturated carbocycles. The summed E-state index contributed by atoms with van der Waals surface area (Å²) in [6.45, 7) is 0.701. The van der Waals surface area contributed by atoms with Crippen molar-refractivity contribution in [3.8, 4) is 0 Å². The van der Waals surface area contributed by atoms with Gasteiger partial charge in [-0.3, -0.25) is 4.68 Å². The summed E-state index contributed by atoms with van der Waals surface area (Å²) in [6.07, 6.45) is 9.16. The summed E-state index contributed by atoms with van der Waals surface area (Å²) < 4.78 is 3.65. The maximum atomic E-state index is 5.82. The van der Waals surface area contributed by atoms with Crippen molar-refractivity contribution >= 4 is 17.3 Å². The smallest absolute Gasteiger partial charge is 0.180 e. The number of nitrogens with zero attached hydrogens (tertiary/aromatic N) is 6. The molecular formula is C12H15N7. The molecule has 2 N–H and O–H groups in total. The van der Waals surface area contributed by atoms with Gasteiger partial charge in [-0.25, -0.2) is 9.97 Å². The van der Waals surface area contributed by atoms with Gasteiger partial charge in [0, 0.05) is 44.8 Å². The number of hydrogen-bond donors (Lipinski definition) is 1. The molecule has 0 bridgehead atoms. The van der Waals surface area contributed by atoms with Crippen molar-refractivity contribution in [2.24, 2.45) is 7.05 Å². The highest BCUT2D eigenvalue weighted by Crippen LogP contribution is 2.19. The lowest BCUT2D eigenvalue weighted by Gasteiger charge is -2.18. The van der Waals surface area contributed by atoms with Crippen molar-refractivity contribution in [2.75, 3.05) is 17.7 Å². The summed E-state index contributed by atoms with van der Waals surface area (Å²) in [5.74, 6) is 1.23. The molecule has 19 heavy (non-hydrogen) atoms. The Morgan fingerprint density at radius 2 is 2.21 bits per heavy atom. The standard InChI is InChI=1S/C12H15N7/c1-17(6-9-5-15-18(2)7-9)12-11-14-3-4-19(11)8-10(13)16-12/h3-5,7-8H,6,13H2,1-2H3. The third-order valence-corrected chi connectivity index (χ3v) is 2.91. The van der Waals surface area contributed by atoms with Gasteiger partial charge in [0.2, 0.25) is 0 Å². The first-order valence-corrected chi connectivity index (χ1v) is 5.91. The maximum absolute atomic E-state index is 5.82. The zero-order chi connectivity index (χ0) is 13.4. The minimum atomic E-state index is 0.471. The van der Waals surface area contributed by atoms with Crippen LogP contribution in [0.2, 0.25) is 0 Å². The molecule has 3 aromatic rings. The molecular weight excluding hydrogens is 242 g/mol. The molecule has 0 aliphatic heterocycles. The van der Waals surface area contributed by atoms with Crippen LogP contribution in [0.3, 0.4) is 0 Å². The molecule has 3 rings (SSSR count). The van der Waals surface area contributed by atoms with Crippen LogP contribution in [-0.4, -0.2) is 31.2 Å². The van der Waals surface area contributed by atoms with Gasteiger partial charge in [0.05, 0.1) is 12.4 Å². The van der Waals surface area contributed by atoms with Crippen molar-refractivity contribution in [1.29, 1.82) is 0 Å². The van der Waals surface area contributed by atoms with Gasteiger partial charge in [0.25, 0.3) is 0 Å². The Kier molecular flexibility index (Phi) is 2.59. The largest absolute Gasteiger partial charge is 0.382 e. The second-order valence-corrected chi connectivity index (χ2v) is 4.53. The molecule has 3 aromatic heterocycles. The molecule has 7 nitrogen and oxygen atoms in total. The number of nitrogen functional groups attached to an aromatic ring is 1. The number of anilines is 2. The van der Waals surface area contributed by atoms with Gasteiger partial charge in [-0.15, -0.1) is 0 Å². The summed E-state index contributed by atoms with van der Waals surface area (Å²) in [7, 11) is 3.86. The fraction of sp³-hybridized carbons (Fsp3) is 0.250. The van der Waals surface area contributed by atoms with E-state index < -0.39 is 0 Å². The van der Waals surface area contributed by atoms with Crippen LogP contribution in [0.5, 0.6) is 0 Å². The summed E-state index contributed by atoms with van der Waals surface area (Å²) in [5.41, 5.74) is 7.72. The van der Waals surface area contributed by atoms with Crippen LogP contribution in [0, 0.1) is 0 Å². The maximum Gasteiger partial charge on any atom is 0.180 e. The van der Waals surface area contributed by atoms with Gasteiger partial charge in [-0.05, 0) is 0 Å². The van der Waals surface area contributed by atoms with Crippen LogP contribution in [0.15, 0.2) is 31.0 Å². The lowest BCUT2D eigenvalue weighted by Crippen LogP contribution is -2.19. The molecule has 0 aliphatic carbocycles. The summed E-state index contributed by atoms with van der Waals surface area (Å²) in [6, 6.07) is 0. The van der Waals surface area contributed by atoms with Gasteiger partial charge in [0.1, 0.15) is 5.82 Å². The second kappa shape index (κ2) is 4.27. The number of aromatic nitrogens is 5. The number of fused-ring (bicyclic) bond motifs is 1. The highest BCUT2D eigenvalue weighted by molar-refractivity contribution is 5.66. The highest BCUT2D eigenvalue weighted by Gasteiger charge is 2.12. The van der Waals surface area contributed by atoms with Crippen LogP contribution < -0.4 is 10.6 Å². The number of aryl methyl sites for hydroxylation is 1. The van der Waals surface area contributed by atoms with Gasteiger partial charge >= 0.3 is 0 Å². The number of hydrogen-bond acceptors (Lipinski definition) is 5. The van der Waals surface area contributed by atoms with Crippen molar-refractivity contribution in [3.05, 3.63) is 36.5 Å². The number of nitrogens with two attached hydrogens (primary N) is 1. The van der Waals surface area contributed by atoms with Crippen LogP contribution >= 0.6 is 0 Å². The molecule has 0 spiro atoms. The van der Waals surface area contributed by atoms with Crippen molar-refractivity contribution in [1.82, 2.24) is 24.1 Å². The van der Waals surface area contributed by atoms with Crippen LogP contribution in [0.4, 0.5) is 11.6 Å². The minimum absolute atomic E-state index is 0.471. The summed E-state index contributed by atoms with van der Waals surface area (Å²) >= 11 is 0. The molecule has 98 valence electrons. The topological polar surface area (TPSA) is 77.3 Å². The molecule has 0 radical (unpaired) electrons. The van der Waals surface area contributed by atoms with E-state index in [1.54, 1.807) is 17.1 Å². The molecule has 3 heterocycles. The zero-order valence-electron chi connectivity index (χ0n) is 10.9. The van der Waals surface area contributed by atoms with Crippen molar-refractivity contribution in [2.45, 2.75) is 6.54 Å². The monoisotopic (exact) mass is 257 g/mol. The summed E-state index contributed by atoms with van der Waals surface area (Å²) in [5, 5.41) is 4.16. The zero-order valence-corrected chi connectivity index (χ0v) is 10.9. The Labute approximate surface area is 110 Å². The molecule has 0 aliphatic rings. The van der Waals surface area contributed by atoms with Gasteiger partial charge in [-0.1, -0.05) is 0 Å². The molecule has 0 amide bonds. The fourth-order valence-corrected chi connectivity index (χ4v) is 2.09. The van der Waals surface area contributed by atoms with E-state index in [4.69, 9.17) is 5.73 Å². The third kappa shape index (κ3) is 2.10. The predicted molar refractivity (Wildman–Crippen MR) is 72.7 cm³/mol. The molecule has 7 heteroatoms. The Hall–Kier alpha value is -2.57. The van der Waals surface area contributed by atoms with Crippen LogP contribution in [-0.2, 0) is 13.6 Å². The average molecular weight is 257 g/mol. The first-order chi connectivity index (χ1) is 9.13. The Morgan fingerprint density at radius 3 is 2.95 bits per heavy atom. The Morgan fingerprint density at radius 1 is 1.37 bits per heavy atom. The minimum Gasteiger partial charge on any atom is -0.382 e. The fourth-order valence-electron chi connectivity index (χ4n) is 2.09. The Bertz CT molecular complexity index is 712. The van der Waals surface area contributed by atoms with E-state index in [2.05, 4.69) is 15.1 Å². The summed E-state index contributed by atoms with van der Waals surface area (Å²) in [4.78, 5) is 10.7. The van der Waals surface area contributed by atoms with E-state index in [1.165, 1.54) is 0 Å². The number of imidazole rings is 1. The average Bonchev–Trinajstić information content (AvgIpc) is 2.96. The predicted octanol–water partition coefficient (Wildman–Crippen LogP) is 0.681. The number of rotatable bonds is 3. The van der Waals surface area contributed by atoms with Gasteiger partial charge < -0.3 is 15.0 Å². The third-order valence-electron chi connectivity index (χ3n) is 2.91. The molecule has 0 fully saturated rings. The van der Waals surface area contributed by atoms with E-state index in [-0.39, 0.29) is 0 Å². The van der Waals surface area contributed by atoms with Gasteiger partial charge in [-0.2, -0.15) is 5.10 Å². The van der Waals surface area contributed by atoms with E-state index in [0.717, 1.165) is 17.0 Å². The second-order valence-electron chi connectivity index (χ2n) is 4.53. The highest BCUT2D eigenvalue weighted by atomic mass is 15.3. The van der Waals surface area contributed by atoms with Gasteiger partial charge in [0.15, 0.2) is 11.5 Å². The molecule has 0 aromatic carbocycles. The Balaban J connectivity index is 1.96. The van der Waals surface area contributed by atoms with Crippen molar-refractivity contribution < 1.29 is 0 Å². The SMILES string of the molecule is CN(Cc1cnn(C)c1)c1nc(N)cn2ccnc12. The molecule has 0 unspecified atom stereocenters. The van der Waals surface area contributed by atoms with E-state index in [1.807, 2.05) is 42.0 Å².